The summed E-state index contributed by atoms with van der Waals surface area (Å²) in [5.74, 6) is 3.38. The zero-order valence-electron chi connectivity index (χ0n) is 7.06. The molecule has 0 heterocycles. The highest BCUT2D eigenvalue weighted by molar-refractivity contribution is 5.03. The number of nitrogens with two attached hydrogens (primary N) is 1. The SMILES string of the molecule is C#CCNC1(CN)CC(C)C1. The summed E-state index contributed by atoms with van der Waals surface area (Å²) in [4.78, 5) is 0. The minimum atomic E-state index is 0.172. The van der Waals surface area contributed by atoms with E-state index in [2.05, 4.69) is 18.2 Å². The Bertz CT molecular complexity index is 163. The van der Waals surface area contributed by atoms with Gasteiger partial charge in [-0.1, -0.05) is 12.8 Å². The molecular formula is C9H16N2. The topological polar surface area (TPSA) is 38.0 Å². The fraction of sp³-hybridized carbons (Fsp3) is 0.778. The van der Waals surface area contributed by atoms with Crippen molar-refractivity contribution in [3.8, 4) is 12.3 Å². The highest BCUT2D eigenvalue weighted by atomic mass is 15.0. The summed E-state index contributed by atoms with van der Waals surface area (Å²) in [6.45, 7) is 3.59. The third kappa shape index (κ3) is 1.74. The molecule has 0 aromatic carbocycles. The van der Waals surface area contributed by atoms with Crippen LogP contribution in [0, 0.1) is 18.3 Å². The fourth-order valence-corrected chi connectivity index (χ4v) is 1.90. The Balaban J connectivity index is 2.33. The van der Waals surface area contributed by atoms with Crippen molar-refractivity contribution in [3.63, 3.8) is 0 Å². The summed E-state index contributed by atoms with van der Waals surface area (Å²) in [6, 6.07) is 0. The van der Waals surface area contributed by atoms with Crippen LogP contribution < -0.4 is 11.1 Å². The second-order valence-corrected chi connectivity index (χ2v) is 3.56. The molecule has 0 atom stereocenters. The second-order valence-electron chi connectivity index (χ2n) is 3.56. The van der Waals surface area contributed by atoms with Crippen molar-refractivity contribution in [2.75, 3.05) is 13.1 Å². The molecule has 0 spiro atoms. The third-order valence-electron chi connectivity index (χ3n) is 2.43. The molecule has 3 N–H and O–H groups in total. The molecule has 1 fully saturated rings. The summed E-state index contributed by atoms with van der Waals surface area (Å²) < 4.78 is 0. The van der Waals surface area contributed by atoms with Gasteiger partial charge in [-0.3, -0.25) is 5.32 Å². The van der Waals surface area contributed by atoms with Gasteiger partial charge in [0.25, 0.3) is 0 Å². The van der Waals surface area contributed by atoms with Crippen LogP contribution >= 0.6 is 0 Å². The van der Waals surface area contributed by atoms with Crippen LogP contribution in [-0.4, -0.2) is 18.6 Å². The largest absolute Gasteiger partial charge is 0.329 e. The van der Waals surface area contributed by atoms with Gasteiger partial charge in [-0.05, 0) is 18.8 Å². The molecule has 0 aliphatic heterocycles. The molecule has 0 radical (unpaired) electrons. The molecule has 0 saturated heterocycles. The van der Waals surface area contributed by atoms with Crippen LogP contribution in [0.2, 0.25) is 0 Å². The molecule has 0 aromatic rings. The van der Waals surface area contributed by atoms with Crippen LogP contribution in [0.25, 0.3) is 0 Å². The van der Waals surface area contributed by atoms with E-state index in [-0.39, 0.29) is 5.54 Å². The van der Waals surface area contributed by atoms with Gasteiger partial charge in [0.05, 0.1) is 6.54 Å². The minimum Gasteiger partial charge on any atom is -0.329 e. The van der Waals surface area contributed by atoms with Crippen LogP contribution in [0.5, 0.6) is 0 Å². The first-order valence-electron chi connectivity index (χ1n) is 4.11. The monoisotopic (exact) mass is 152 g/mol. The van der Waals surface area contributed by atoms with Gasteiger partial charge in [0.2, 0.25) is 0 Å². The quantitative estimate of drug-likeness (QED) is 0.572. The summed E-state index contributed by atoms with van der Waals surface area (Å²) in [5.41, 5.74) is 5.81. The number of hydrogen-bond donors (Lipinski definition) is 2. The van der Waals surface area contributed by atoms with Gasteiger partial charge < -0.3 is 5.73 Å². The average molecular weight is 152 g/mol. The fourth-order valence-electron chi connectivity index (χ4n) is 1.90. The van der Waals surface area contributed by atoms with Crippen LogP contribution in [0.4, 0.5) is 0 Å². The van der Waals surface area contributed by atoms with Crippen LogP contribution in [0.15, 0.2) is 0 Å². The smallest absolute Gasteiger partial charge is 0.0578 e. The Morgan fingerprint density at radius 2 is 2.36 bits per heavy atom. The number of hydrogen-bond acceptors (Lipinski definition) is 2. The van der Waals surface area contributed by atoms with Gasteiger partial charge in [-0.2, -0.15) is 0 Å². The molecule has 2 heteroatoms. The summed E-state index contributed by atoms with van der Waals surface area (Å²) in [7, 11) is 0. The summed E-state index contributed by atoms with van der Waals surface area (Å²) >= 11 is 0. The Morgan fingerprint density at radius 1 is 1.73 bits per heavy atom. The summed E-state index contributed by atoms with van der Waals surface area (Å²) in [5, 5.41) is 3.30. The van der Waals surface area contributed by atoms with Crippen molar-refractivity contribution in [3.05, 3.63) is 0 Å². The van der Waals surface area contributed by atoms with Crippen molar-refractivity contribution in [2.45, 2.75) is 25.3 Å². The van der Waals surface area contributed by atoms with Gasteiger partial charge in [0.1, 0.15) is 0 Å². The van der Waals surface area contributed by atoms with E-state index in [0.717, 1.165) is 5.92 Å². The molecule has 2 nitrogen and oxygen atoms in total. The van der Waals surface area contributed by atoms with E-state index >= 15 is 0 Å². The van der Waals surface area contributed by atoms with E-state index in [0.29, 0.717) is 13.1 Å². The van der Waals surface area contributed by atoms with Crippen LogP contribution in [0.3, 0.4) is 0 Å². The Hall–Kier alpha value is -0.520. The van der Waals surface area contributed by atoms with Crippen LogP contribution in [-0.2, 0) is 0 Å². The van der Waals surface area contributed by atoms with Crippen molar-refractivity contribution in [1.82, 2.24) is 5.32 Å². The maximum Gasteiger partial charge on any atom is 0.0578 e. The van der Waals surface area contributed by atoms with E-state index in [1.165, 1.54) is 12.8 Å². The van der Waals surface area contributed by atoms with Crippen molar-refractivity contribution in [1.29, 1.82) is 0 Å². The first-order chi connectivity index (χ1) is 5.22. The molecule has 1 rings (SSSR count). The minimum absolute atomic E-state index is 0.172. The van der Waals surface area contributed by atoms with E-state index in [4.69, 9.17) is 12.2 Å². The van der Waals surface area contributed by atoms with E-state index in [1.54, 1.807) is 0 Å². The Morgan fingerprint density at radius 3 is 2.73 bits per heavy atom. The third-order valence-corrected chi connectivity index (χ3v) is 2.43. The highest BCUT2D eigenvalue weighted by Crippen LogP contribution is 2.36. The molecule has 0 bridgehead atoms. The highest BCUT2D eigenvalue weighted by Gasteiger charge is 2.39. The van der Waals surface area contributed by atoms with Gasteiger partial charge in [-0.15, -0.1) is 6.42 Å². The lowest BCUT2D eigenvalue weighted by Crippen LogP contribution is -2.59. The van der Waals surface area contributed by atoms with E-state index in [9.17, 15) is 0 Å². The number of nitrogens with one attached hydrogen (secondary N) is 1. The first kappa shape index (κ1) is 8.58. The predicted molar refractivity (Wildman–Crippen MR) is 47.0 cm³/mol. The molecule has 0 aromatic heterocycles. The predicted octanol–water partition coefficient (Wildman–Crippen LogP) is 0.337. The van der Waals surface area contributed by atoms with Crippen LogP contribution in [0.1, 0.15) is 19.8 Å². The Kier molecular flexibility index (Phi) is 2.53. The van der Waals surface area contributed by atoms with Crippen molar-refractivity contribution in [2.24, 2.45) is 11.7 Å². The van der Waals surface area contributed by atoms with E-state index < -0.39 is 0 Å². The summed E-state index contributed by atoms with van der Waals surface area (Å²) in [6.07, 6.45) is 7.49. The lowest BCUT2D eigenvalue weighted by Gasteiger charge is -2.46. The van der Waals surface area contributed by atoms with Crippen molar-refractivity contribution >= 4 is 0 Å². The normalized spacial score (nSPS) is 35.9. The standard InChI is InChI=1S/C9H16N2/c1-3-4-11-9(7-10)5-8(2)6-9/h1,8,11H,4-7,10H2,2H3. The van der Waals surface area contributed by atoms with Gasteiger partial charge in [0.15, 0.2) is 0 Å². The molecule has 1 aliphatic carbocycles. The van der Waals surface area contributed by atoms with E-state index in [1.807, 2.05) is 0 Å². The lowest BCUT2D eigenvalue weighted by atomic mass is 9.69. The molecule has 1 saturated carbocycles. The number of rotatable bonds is 3. The zero-order chi connectivity index (χ0) is 8.32. The molecule has 0 unspecified atom stereocenters. The molecular weight excluding hydrogens is 136 g/mol. The maximum absolute atomic E-state index is 5.64. The first-order valence-corrected chi connectivity index (χ1v) is 4.11. The maximum atomic E-state index is 5.64. The molecule has 62 valence electrons. The van der Waals surface area contributed by atoms with Crippen molar-refractivity contribution < 1.29 is 0 Å². The number of terminal acetylenes is 1. The molecule has 0 amide bonds. The second kappa shape index (κ2) is 3.25. The lowest BCUT2D eigenvalue weighted by molar-refractivity contribution is 0.129. The molecule has 1 aliphatic rings. The Labute approximate surface area is 68.5 Å². The zero-order valence-corrected chi connectivity index (χ0v) is 7.06. The average Bonchev–Trinajstić information content (AvgIpc) is 1.96. The molecule has 11 heavy (non-hydrogen) atoms. The van der Waals surface area contributed by atoms with Gasteiger partial charge >= 0.3 is 0 Å². The van der Waals surface area contributed by atoms with Gasteiger partial charge in [0, 0.05) is 12.1 Å². The van der Waals surface area contributed by atoms with Gasteiger partial charge in [-0.25, -0.2) is 0 Å².